The first-order chi connectivity index (χ1) is 19.9. The monoisotopic (exact) mass is 628 g/mol. The van der Waals surface area contributed by atoms with Crippen molar-refractivity contribution in [2.24, 2.45) is 11.3 Å². The van der Waals surface area contributed by atoms with Crippen molar-refractivity contribution in [3.8, 4) is 0 Å². The average molecular weight is 630 g/mol. The SMILES string of the molecule is C[C@@]1(CC(=O)O)C[C@H](c2cccc(Cl)c2)[C@H](C[C@@](NS(=O)(=O)Cc2ccccc2)(c2ccc(Cl)cc2)C2CC2)NC1=O. The topological polar surface area (TPSA) is 113 Å². The van der Waals surface area contributed by atoms with Crippen LogP contribution in [0.15, 0.2) is 78.9 Å². The Morgan fingerprint density at radius 3 is 2.33 bits per heavy atom. The molecule has 2 fully saturated rings. The second-order valence-electron chi connectivity index (χ2n) is 11.9. The van der Waals surface area contributed by atoms with Gasteiger partial charge >= 0.3 is 5.97 Å². The van der Waals surface area contributed by atoms with Gasteiger partial charge in [-0.15, -0.1) is 0 Å². The zero-order valence-electron chi connectivity index (χ0n) is 23.2. The third kappa shape index (κ3) is 6.83. The van der Waals surface area contributed by atoms with Crippen LogP contribution in [0, 0.1) is 11.3 Å². The Morgan fingerprint density at radius 2 is 1.71 bits per heavy atom. The summed E-state index contributed by atoms with van der Waals surface area (Å²) in [4.78, 5) is 25.3. The van der Waals surface area contributed by atoms with Gasteiger partial charge < -0.3 is 10.4 Å². The highest BCUT2D eigenvalue weighted by molar-refractivity contribution is 7.88. The smallest absolute Gasteiger partial charge is 0.304 e. The summed E-state index contributed by atoms with van der Waals surface area (Å²) in [6.45, 7) is 1.67. The van der Waals surface area contributed by atoms with Gasteiger partial charge in [0.1, 0.15) is 0 Å². The number of halogens is 2. The predicted molar refractivity (Wildman–Crippen MR) is 164 cm³/mol. The number of benzene rings is 3. The molecule has 1 saturated heterocycles. The number of carbonyl (C=O) groups excluding carboxylic acids is 1. The van der Waals surface area contributed by atoms with Crippen LogP contribution in [0.25, 0.3) is 0 Å². The lowest BCUT2D eigenvalue weighted by Crippen LogP contribution is -2.58. The number of carbonyl (C=O) groups is 2. The number of hydrogen-bond donors (Lipinski definition) is 3. The molecule has 10 heteroatoms. The van der Waals surface area contributed by atoms with Gasteiger partial charge in [-0.05, 0) is 72.6 Å². The number of hydrogen-bond acceptors (Lipinski definition) is 4. The van der Waals surface area contributed by atoms with Gasteiger partial charge in [0.25, 0.3) is 0 Å². The van der Waals surface area contributed by atoms with E-state index in [-0.39, 0.29) is 42.8 Å². The molecule has 0 unspecified atom stereocenters. The molecule has 3 aromatic rings. The van der Waals surface area contributed by atoms with E-state index in [1.54, 1.807) is 49.4 Å². The Kier molecular flexibility index (Phi) is 8.72. The van der Waals surface area contributed by atoms with Crippen molar-refractivity contribution >= 4 is 45.1 Å². The summed E-state index contributed by atoms with van der Waals surface area (Å²) >= 11 is 12.6. The number of rotatable bonds is 11. The van der Waals surface area contributed by atoms with Crippen LogP contribution in [-0.2, 0) is 30.9 Å². The normalized spacial score (nSPS) is 24.0. The molecular formula is C32H34Cl2N2O5S. The van der Waals surface area contributed by atoms with Crippen molar-refractivity contribution in [3.05, 3.63) is 106 Å². The fourth-order valence-electron chi connectivity index (χ4n) is 6.41. The quantitative estimate of drug-likeness (QED) is 0.232. The van der Waals surface area contributed by atoms with E-state index < -0.39 is 33.0 Å². The first kappa shape index (κ1) is 30.5. The lowest BCUT2D eigenvalue weighted by Gasteiger charge is -2.46. The van der Waals surface area contributed by atoms with E-state index in [4.69, 9.17) is 23.2 Å². The molecule has 1 heterocycles. The highest BCUT2D eigenvalue weighted by Gasteiger charge is 2.53. The fourth-order valence-corrected chi connectivity index (χ4v) is 8.36. The van der Waals surface area contributed by atoms with Gasteiger partial charge in [0.15, 0.2) is 0 Å². The highest BCUT2D eigenvalue weighted by Crippen LogP contribution is 2.52. The molecule has 7 nitrogen and oxygen atoms in total. The Balaban J connectivity index is 1.58. The molecule has 5 rings (SSSR count). The van der Waals surface area contributed by atoms with Crippen LogP contribution in [0.4, 0.5) is 0 Å². The van der Waals surface area contributed by atoms with Crippen molar-refractivity contribution < 1.29 is 23.1 Å². The number of nitrogens with one attached hydrogen (secondary N) is 2. The molecule has 3 N–H and O–H groups in total. The summed E-state index contributed by atoms with van der Waals surface area (Å²) in [7, 11) is -3.84. The third-order valence-electron chi connectivity index (χ3n) is 8.55. The van der Waals surface area contributed by atoms with Crippen LogP contribution in [0.2, 0.25) is 10.0 Å². The van der Waals surface area contributed by atoms with Gasteiger partial charge in [0.2, 0.25) is 15.9 Å². The molecule has 1 amide bonds. The molecule has 4 atom stereocenters. The van der Waals surface area contributed by atoms with Gasteiger partial charge in [0.05, 0.1) is 23.1 Å². The minimum atomic E-state index is -3.84. The molecule has 222 valence electrons. The van der Waals surface area contributed by atoms with Crippen molar-refractivity contribution in [2.75, 3.05) is 0 Å². The minimum absolute atomic E-state index is 0.00605. The van der Waals surface area contributed by atoms with E-state index >= 15 is 0 Å². The van der Waals surface area contributed by atoms with E-state index in [0.29, 0.717) is 15.6 Å². The molecule has 0 radical (unpaired) electrons. The molecule has 1 aliphatic heterocycles. The summed E-state index contributed by atoms with van der Waals surface area (Å²) in [6, 6.07) is 23.0. The molecular weight excluding hydrogens is 595 g/mol. The van der Waals surface area contributed by atoms with E-state index in [2.05, 4.69) is 10.0 Å². The maximum absolute atomic E-state index is 13.8. The number of piperidine rings is 1. The Morgan fingerprint density at radius 1 is 1.02 bits per heavy atom. The molecule has 0 spiro atoms. The van der Waals surface area contributed by atoms with Gasteiger partial charge in [-0.25, -0.2) is 13.1 Å². The summed E-state index contributed by atoms with van der Waals surface area (Å²) < 4.78 is 30.7. The Labute approximate surface area is 256 Å². The summed E-state index contributed by atoms with van der Waals surface area (Å²) in [5.41, 5.74) is 0.108. The molecule has 42 heavy (non-hydrogen) atoms. The van der Waals surface area contributed by atoms with Crippen molar-refractivity contribution in [1.82, 2.24) is 10.0 Å². The lowest BCUT2D eigenvalue weighted by atomic mass is 9.66. The van der Waals surface area contributed by atoms with Crippen LogP contribution in [-0.4, -0.2) is 31.4 Å². The third-order valence-corrected chi connectivity index (χ3v) is 10.4. The van der Waals surface area contributed by atoms with Crippen LogP contribution < -0.4 is 10.0 Å². The number of carboxylic acid groups (broad SMARTS) is 1. The van der Waals surface area contributed by atoms with E-state index in [1.165, 1.54) is 0 Å². The number of carboxylic acids is 1. The second-order valence-corrected chi connectivity index (χ2v) is 14.5. The van der Waals surface area contributed by atoms with Crippen LogP contribution >= 0.6 is 23.2 Å². The van der Waals surface area contributed by atoms with Gasteiger partial charge in [-0.2, -0.15) is 0 Å². The fraction of sp³-hybridized carbons (Fsp3) is 0.375. The molecule has 0 aromatic heterocycles. The van der Waals surface area contributed by atoms with Crippen molar-refractivity contribution in [2.45, 2.75) is 62.3 Å². The lowest BCUT2D eigenvalue weighted by molar-refractivity contribution is -0.147. The highest BCUT2D eigenvalue weighted by atomic mass is 35.5. The van der Waals surface area contributed by atoms with E-state index in [9.17, 15) is 23.1 Å². The van der Waals surface area contributed by atoms with E-state index in [0.717, 1.165) is 24.0 Å². The minimum Gasteiger partial charge on any atom is -0.481 e. The van der Waals surface area contributed by atoms with Crippen LogP contribution in [0.3, 0.4) is 0 Å². The summed E-state index contributed by atoms with van der Waals surface area (Å²) in [6.07, 6.45) is 1.84. The number of aliphatic carboxylic acids is 1. The first-order valence-electron chi connectivity index (χ1n) is 14.0. The maximum atomic E-state index is 13.8. The average Bonchev–Trinajstić information content (AvgIpc) is 3.77. The van der Waals surface area contributed by atoms with Crippen LogP contribution in [0.5, 0.6) is 0 Å². The van der Waals surface area contributed by atoms with Gasteiger partial charge in [0, 0.05) is 22.0 Å². The van der Waals surface area contributed by atoms with Gasteiger partial charge in [-0.1, -0.05) is 84.7 Å². The predicted octanol–water partition coefficient (Wildman–Crippen LogP) is 6.26. The molecule has 1 aliphatic carbocycles. The standard InChI is InChI=1S/C32H34Cl2N2O5S/c1-31(19-29(37)38)17-27(22-8-5-9-26(34)16-22)28(35-30(31)39)18-32(23-10-11-23,24-12-14-25(33)15-13-24)36-42(40,41)20-21-6-3-2-4-7-21/h2-9,12-16,23,27-28,36H,10-11,17-20H2,1H3,(H,35,39)(H,37,38)/t27-,28+,31+,32+/m1/s1. The van der Waals surface area contributed by atoms with Gasteiger partial charge in [-0.3, -0.25) is 9.59 Å². The number of amides is 1. The van der Waals surface area contributed by atoms with Crippen molar-refractivity contribution in [3.63, 3.8) is 0 Å². The molecule has 3 aromatic carbocycles. The Bertz CT molecular complexity index is 1560. The first-order valence-corrected chi connectivity index (χ1v) is 16.4. The van der Waals surface area contributed by atoms with Crippen LogP contribution in [0.1, 0.15) is 61.6 Å². The molecule has 2 aliphatic rings. The zero-order chi connectivity index (χ0) is 30.1. The zero-order valence-corrected chi connectivity index (χ0v) is 25.6. The van der Waals surface area contributed by atoms with E-state index in [1.807, 2.05) is 36.4 Å². The maximum Gasteiger partial charge on any atom is 0.304 e. The second kappa shape index (κ2) is 12.0. The largest absolute Gasteiger partial charge is 0.481 e. The summed E-state index contributed by atoms with van der Waals surface area (Å²) in [5, 5.41) is 13.8. The Hall–Kier alpha value is -2.91. The molecule has 0 bridgehead atoms. The summed E-state index contributed by atoms with van der Waals surface area (Å²) in [5.74, 6) is -1.93. The molecule has 1 saturated carbocycles. The van der Waals surface area contributed by atoms with Crippen molar-refractivity contribution in [1.29, 1.82) is 0 Å². The number of sulfonamides is 1.